The number of carbonyl (C=O) groups is 2. The highest BCUT2D eigenvalue weighted by atomic mass is 32.1. The van der Waals surface area contributed by atoms with Gasteiger partial charge in [0.05, 0.1) is 6.42 Å². The lowest BCUT2D eigenvalue weighted by molar-refractivity contribution is -0.141. The molecule has 0 unspecified atom stereocenters. The van der Waals surface area contributed by atoms with Gasteiger partial charge in [-0.1, -0.05) is 25.3 Å². The lowest BCUT2D eigenvalue weighted by atomic mass is 9.95. The second-order valence-electron chi connectivity index (χ2n) is 8.00. The molecule has 6 heteroatoms. The molecule has 0 saturated heterocycles. The van der Waals surface area contributed by atoms with Crippen LogP contribution in [0, 0.1) is 6.92 Å². The first-order chi connectivity index (χ1) is 13.6. The van der Waals surface area contributed by atoms with E-state index in [2.05, 4.69) is 11.4 Å². The molecule has 0 radical (unpaired) electrons. The molecule has 2 saturated carbocycles. The van der Waals surface area contributed by atoms with Crippen molar-refractivity contribution in [3.63, 3.8) is 0 Å². The summed E-state index contributed by atoms with van der Waals surface area (Å²) in [7, 11) is 0. The van der Waals surface area contributed by atoms with Crippen LogP contribution in [0.5, 0.6) is 0 Å². The Morgan fingerprint density at radius 3 is 2.50 bits per heavy atom. The molecule has 0 bridgehead atoms. The van der Waals surface area contributed by atoms with Gasteiger partial charge in [0, 0.05) is 21.8 Å². The predicted octanol–water partition coefficient (Wildman–Crippen LogP) is 4.84. The Balaban J connectivity index is 1.59. The van der Waals surface area contributed by atoms with Crippen LogP contribution in [0.15, 0.2) is 29.0 Å². The van der Waals surface area contributed by atoms with E-state index >= 15 is 0 Å². The van der Waals surface area contributed by atoms with Gasteiger partial charge in [-0.2, -0.15) is 0 Å². The molecular weight excluding hydrogens is 388 g/mol. The maximum absolute atomic E-state index is 13.4. The molecule has 1 atom stereocenters. The molecule has 2 amide bonds. The topological polar surface area (TPSA) is 49.4 Å². The van der Waals surface area contributed by atoms with Crippen molar-refractivity contribution in [3.8, 4) is 0 Å². The number of nitrogens with one attached hydrogen (secondary N) is 1. The molecule has 2 fully saturated rings. The van der Waals surface area contributed by atoms with E-state index in [9.17, 15) is 9.59 Å². The third kappa shape index (κ3) is 4.49. The lowest BCUT2D eigenvalue weighted by Crippen LogP contribution is -2.48. The molecule has 0 aromatic carbocycles. The number of hydrogen-bond donors (Lipinski definition) is 1. The van der Waals surface area contributed by atoms with E-state index in [0.29, 0.717) is 6.42 Å². The minimum Gasteiger partial charge on any atom is -0.351 e. The smallest absolute Gasteiger partial charge is 0.248 e. The fraction of sp³-hybridized carbons (Fsp3) is 0.545. The van der Waals surface area contributed by atoms with E-state index in [4.69, 9.17) is 0 Å². The monoisotopic (exact) mass is 416 g/mol. The average Bonchev–Trinajstić information content (AvgIpc) is 3.22. The van der Waals surface area contributed by atoms with E-state index in [1.807, 2.05) is 34.7 Å². The number of amides is 2. The van der Waals surface area contributed by atoms with Crippen LogP contribution in [0.3, 0.4) is 0 Å². The van der Waals surface area contributed by atoms with Crippen LogP contribution < -0.4 is 5.32 Å². The summed E-state index contributed by atoms with van der Waals surface area (Å²) < 4.78 is 0. The summed E-state index contributed by atoms with van der Waals surface area (Å²) >= 11 is 3.20. The molecule has 2 heterocycles. The minimum atomic E-state index is -0.498. The third-order valence-electron chi connectivity index (χ3n) is 5.76. The zero-order valence-electron chi connectivity index (χ0n) is 16.4. The Morgan fingerprint density at radius 1 is 1.11 bits per heavy atom. The summed E-state index contributed by atoms with van der Waals surface area (Å²) in [5, 5.41) is 7.32. The molecular formula is C22H28N2O2S2. The van der Waals surface area contributed by atoms with E-state index in [1.54, 1.807) is 22.7 Å². The van der Waals surface area contributed by atoms with Gasteiger partial charge in [-0.05, 0) is 61.1 Å². The highest BCUT2D eigenvalue weighted by molar-refractivity contribution is 7.10. The van der Waals surface area contributed by atoms with Crippen LogP contribution in [0.1, 0.15) is 66.3 Å². The summed E-state index contributed by atoms with van der Waals surface area (Å²) in [5.74, 6) is 0.0745. The first-order valence-corrected chi connectivity index (χ1v) is 12.1. The van der Waals surface area contributed by atoms with Gasteiger partial charge in [0.2, 0.25) is 11.8 Å². The normalized spacial score (nSPS) is 18.6. The Kier molecular flexibility index (Phi) is 6.16. The van der Waals surface area contributed by atoms with Gasteiger partial charge in [-0.3, -0.25) is 9.59 Å². The first kappa shape index (κ1) is 19.6. The molecule has 0 spiro atoms. The van der Waals surface area contributed by atoms with Gasteiger partial charge >= 0.3 is 0 Å². The summed E-state index contributed by atoms with van der Waals surface area (Å²) in [4.78, 5) is 30.7. The largest absolute Gasteiger partial charge is 0.351 e. The van der Waals surface area contributed by atoms with Crippen molar-refractivity contribution < 1.29 is 9.59 Å². The average molecular weight is 417 g/mol. The molecule has 2 aliphatic carbocycles. The molecule has 1 N–H and O–H groups in total. The maximum atomic E-state index is 13.4. The predicted molar refractivity (Wildman–Crippen MR) is 115 cm³/mol. The highest BCUT2D eigenvalue weighted by Crippen LogP contribution is 2.38. The van der Waals surface area contributed by atoms with Crippen LogP contribution in [0.4, 0.5) is 0 Å². The van der Waals surface area contributed by atoms with Crippen molar-refractivity contribution in [1.29, 1.82) is 0 Å². The minimum absolute atomic E-state index is 0.00359. The molecule has 2 aromatic rings. The SMILES string of the molecule is Cc1ccsc1[C@H](C(=O)NC1CCCCC1)N(C(=O)Cc1cccs1)C1CC1. The number of carbonyl (C=O) groups excluding carboxylic acids is 2. The quantitative estimate of drug-likeness (QED) is 0.702. The number of aryl methyl sites for hydroxylation is 1. The lowest BCUT2D eigenvalue weighted by Gasteiger charge is -2.33. The zero-order valence-corrected chi connectivity index (χ0v) is 18.0. The van der Waals surface area contributed by atoms with Gasteiger partial charge in [-0.15, -0.1) is 22.7 Å². The Morgan fingerprint density at radius 2 is 1.89 bits per heavy atom. The van der Waals surface area contributed by atoms with Crippen LogP contribution in [-0.4, -0.2) is 28.8 Å². The summed E-state index contributed by atoms with van der Waals surface area (Å²) in [5.41, 5.74) is 1.10. The molecule has 2 aromatic heterocycles. The molecule has 150 valence electrons. The van der Waals surface area contributed by atoms with Gasteiger partial charge in [0.1, 0.15) is 6.04 Å². The van der Waals surface area contributed by atoms with Crippen molar-refractivity contribution in [2.24, 2.45) is 0 Å². The maximum Gasteiger partial charge on any atom is 0.248 e. The highest BCUT2D eigenvalue weighted by Gasteiger charge is 2.42. The summed E-state index contributed by atoms with van der Waals surface area (Å²) in [6.45, 7) is 2.04. The van der Waals surface area contributed by atoms with E-state index in [-0.39, 0.29) is 23.9 Å². The van der Waals surface area contributed by atoms with Crippen LogP contribution in [0.25, 0.3) is 0 Å². The fourth-order valence-corrected chi connectivity index (χ4v) is 5.85. The zero-order chi connectivity index (χ0) is 19.5. The first-order valence-electron chi connectivity index (χ1n) is 10.3. The van der Waals surface area contributed by atoms with Gasteiger partial charge < -0.3 is 10.2 Å². The van der Waals surface area contributed by atoms with Crippen molar-refractivity contribution in [2.75, 3.05) is 0 Å². The summed E-state index contributed by atoms with van der Waals surface area (Å²) in [6, 6.07) is 5.97. The van der Waals surface area contributed by atoms with Crippen molar-refractivity contribution in [1.82, 2.24) is 10.2 Å². The van der Waals surface area contributed by atoms with Gasteiger partial charge in [0.15, 0.2) is 0 Å². The van der Waals surface area contributed by atoms with Crippen molar-refractivity contribution in [2.45, 2.75) is 76.4 Å². The van der Waals surface area contributed by atoms with E-state index < -0.39 is 6.04 Å². The fourth-order valence-electron chi connectivity index (χ4n) is 4.13. The molecule has 2 aliphatic rings. The van der Waals surface area contributed by atoms with E-state index in [1.165, 1.54) is 19.3 Å². The molecule has 28 heavy (non-hydrogen) atoms. The van der Waals surface area contributed by atoms with Crippen molar-refractivity contribution in [3.05, 3.63) is 44.3 Å². The number of thiophene rings is 2. The van der Waals surface area contributed by atoms with Crippen LogP contribution in [0.2, 0.25) is 0 Å². The Labute approximate surface area is 174 Å². The van der Waals surface area contributed by atoms with Crippen LogP contribution in [-0.2, 0) is 16.0 Å². The molecule has 4 nitrogen and oxygen atoms in total. The van der Waals surface area contributed by atoms with E-state index in [0.717, 1.165) is 41.0 Å². The van der Waals surface area contributed by atoms with Crippen molar-refractivity contribution >= 4 is 34.5 Å². The van der Waals surface area contributed by atoms with Crippen LogP contribution >= 0.6 is 22.7 Å². The summed E-state index contributed by atoms with van der Waals surface area (Å²) in [6.07, 6.45) is 8.08. The second-order valence-corrected chi connectivity index (χ2v) is 9.98. The third-order valence-corrected chi connectivity index (χ3v) is 7.71. The Bertz CT molecular complexity index is 804. The number of hydrogen-bond acceptors (Lipinski definition) is 4. The van der Waals surface area contributed by atoms with Gasteiger partial charge in [0.25, 0.3) is 0 Å². The molecule has 4 rings (SSSR count). The second kappa shape index (κ2) is 8.78. The number of nitrogens with zero attached hydrogens (tertiary/aromatic N) is 1. The number of rotatable bonds is 7. The van der Waals surface area contributed by atoms with Gasteiger partial charge in [-0.25, -0.2) is 0 Å². The molecule has 0 aliphatic heterocycles. The Hall–Kier alpha value is -1.66. The standard InChI is InChI=1S/C22H28N2O2S2/c1-15-11-13-28-21(15)20(22(26)23-16-6-3-2-4-7-16)24(17-9-10-17)19(25)14-18-8-5-12-27-18/h5,8,11-13,16-17,20H,2-4,6-7,9-10,14H2,1H3,(H,23,26)/t20-/m1/s1.